The van der Waals surface area contributed by atoms with Crippen LogP contribution in [-0.2, 0) is 20.4 Å². The van der Waals surface area contributed by atoms with Crippen LogP contribution in [0.4, 0.5) is 0 Å². The summed E-state index contributed by atoms with van der Waals surface area (Å²) in [5.74, 6) is 0. The van der Waals surface area contributed by atoms with Gasteiger partial charge in [0.15, 0.2) is 0 Å². The quantitative estimate of drug-likeness (QED) is 0.415. The Morgan fingerprint density at radius 1 is 1.50 bits per heavy atom. The standard InChI is InChI=1S/C6H7S.2ClH.Ti/c1-7-6-4-2-3-5-6;;;/h2,4H,3H2,1H3;2*1H;/q;;;+2/p-2. The molecule has 4 heteroatoms. The van der Waals surface area contributed by atoms with Gasteiger partial charge in [-0.3, -0.25) is 0 Å². The Morgan fingerprint density at radius 3 is 2.30 bits per heavy atom. The van der Waals surface area contributed by atoms with E-state index in [1.807, 2.05) is 11.8 Å². The molecule has 1 rings (SSSR count). The van der Waals surface area contributed by atoms with Crippen LogP contribution in [0.5, 0.6) is 0 Å². The zero-order chi connectivity index (χ0) is 5.98. The minimum Gasteiger partial charge on any atom is -1.00 e. The molecule has 1 aliphatic carbocycles. The van der Waals surface area contributed by atoms with Crippen molar-refractivity contribution in [2.45, 2.75) is 6.42 Å². The average molecular weight is 230 g/mol. The van der Waals surface area contributed by atoms with E-state index in [-0.39, 0.29) is 24.8 Å². The van der Waals surface area contributed by atoms with Gasteiger partial charge < -0.3 is 24.8 Å². The van der Waals surface area contributed by atoms with Gasteiger partial charge in [-0.15, -0.1) is 0 Å². The van der Waals surface area contributed by atoms with Crippen molar-refractivity contribution in [1.29, 1.82) is 0 Å². The first-order valence-corrected chi connectivity index (χ1v) is 4.50. The van der Waals surface area contributed by atoms with E-state index in [9.17, 15) is 0 Å². The minimum absolute atomic E-state index is 0. The van der Waals surface area contributed by atoms with E-state index >= 15 is 0 Å². The average Bonchev–Trinajstić information content (AvgIpc) is 2.14. The maximum Gasteiger partial charge on any atom is -1.00 e. The third-order valence-electron chi connectivity index (χ3n) is 1.11. The Morgan fingerprint density at radius 2 is 2.10 bits per heavy atom. The fraction of sp³-hybridized carbons (Fsp3) is 0.333. The van der Waals surface area contributed by atoms with E-state index in [2.05, 4.69) is 38.8 Å². The first-order chi connectivity index (χ1) is 3.84. The number of rotatable bonds is 1. The Bertz CT molecular complexity index is 154. The predicted octanol–water partition coefficient (Wildman–Crippen LogP) is -3.92. The summed E-state index contributed by atoms with van der Waals surface area (Å²) < 4.78 is 1.51. The molecule has 1 aliphatic rings. The Balaban J connectivity index is 0. The van der Waals surface area contributed by atoms with E-state index in [0.717, 1.165) is 6.42 Å². The normalized spacial score (nSPS) is 14.7. The largest absolute Gasteiger partial charge is 1.00 e. The molecule has 0 unspecified atom stereocenters. The fourth-order valence-electron chi connectivity index (χ4n) is 0.676. The van der Waals surface area contributed by atoms with E-state index < -0.39 is 0 Å². The maximum absolute atomic E-state index is 2.21. The summed E-state index contributed by atoms with van der Waals surface area (Å²) >= 11 is 4.02. The molecule has 0 fully saturated rings. The maximum atomic E-state index is 2.21. The molecule has 0 heterocycles. The zero-order valence-electron chi connectivity index (χ0n) is 5.53. The minimum atomic E-state index is 0. The molecular formula is C6H7Cl2STi. The van der Waals surface area contributed by atoms with Crippen LogP contribution in [0.25, 0.3) is 0 Å². The van der Waals surface area contributed by atoms with Crippen LogP contribution < -0.4 is 24.8 Å². The topological polar surface area (TPSA) is 0 Å². The van der Waals surface area contributed by atoms with Crippen molar-refractivity contribution in [3.05, 3.63) is 20.9 Å². The Kier molecular flexibility index (Phi) is 9.33. The van der Waals surface area contributed by atoms with Crippen molar-refractivity contribution in [3.63, 3.8) is 0 Å². The molecule has 0 aliphatic heterocycles. The Labute approximate surface area is 90.1 Å². The van der Waals surface area contributed by atoms with Crippen molar-refractivity contribution < 1.29 is 45.2 Å². The first-order valence-electron chi connectivity index (χ1n) is 2.50. The molecule has 0 aromatic carbocycles. The SMILES string of the molecule is CSC1=[C]([Ti+2])CC=C1.[Cl-].[Cl-]. The van der Waals surface area contributed by atoms with E-state index in [1.54, 1.807) is 0 Å². The second-order valence-electron chi connectivity index (χ2n) is 1.65. The number of hydrogen-bond acceptors (Lipinski definition) is 1. The fourth-order valence-corrected chi connectivity index (χ4v) is 2.03. The van der Waals surface area contributed by atoms with Gasteiger partial charge in [-0.05, 0) is 0 Å². The molecule has 55 valence electrons. The van der Waals surface area contributed by atoms with Gasteiger partial charge in [-0.2, -0.15) is 0 Å². The van der Waals surface area contributed by atoms with Crippen molar-refractivity contribution >= 4 is 11.8 Å². The zero-order valence-corrected chi connectivity index (χ0v) is 9.42. The molecule has 0 bridgehead atoms. The number of thioether (sulfide) groups is 1. The summed E-state index contributed by atoms with van der Waals surface area (Å²) in [5, 5.41) is 0. The van der Waals surface area contributed by atoms with Crippen LogP contribution in [0.1, 0.15) is 6.42 Å². The summed E-state index contributed by atoms with van der Waals surface area (Å²) in [6.45, 7) is 0. The molecular weight excluding hydrogens is 223 g/mol. The summed E-state index contributed by atoms with van der Waals surface area (Å²) in [7, 11) is 0. The van der Waals surface area contributed by atoms with Crippen molar-refractivity contribution in [1.82, 2.24) is 0 Å². The number of hydrogen-bond donors (Lipinski definition) is 0. The summed E-state index contributed by atoms with van der Waals surface area (Å²) in [4.78, 5) is 1.45. The molecule has 0 aromatic rings. The van der Waals surface area contributed by atoms with Gasteiger partial charge in [0.25, 0.3) is 0 Å². The second kappa shape index (κ2) is 6.81. The van der Waals surface area contributed by atoms with Gasteiger partial charge in [0.1, 0.15) is 0 Å². The molecule has 0 N–H and O–H groups in total. The Hall–Kier alpha value is 1.12. The molecule has 0 saturated carbocycles. The molecule has 0 nitrogen and oxygen atoms in total. The van der Waals surface area contributed by atoms with Crippen LogP contribution in [0.3, 0.4) is 0 Å². The van der Waals surface area contributed by atoms with Crippen molar-refractivity contribution in [3.8, 4) is 0 Å². The molecule has 0 amide bonds. The van der Waals surface area contributed by atoms with E-state index in [1.165, 1.54) is 8.78 Å². The van der Waals surface area contributed by atoms with Crippen molar-refractivity contribution in [2.75, 3.05) is 6.26 Å². The van der Waals surface area contributed by atoms with Gasteiger partial charge in [-0.1, -0.05) is 0 Å². The van der Waals surface area contributed by atoms with Crippen LogP contribution in [-0.4, -0.2) is 6.26 Å². The third-order valence-corrected chi connectivity index (χ3v) is 2.95. The van der Waals surface area contributed by atoms with Crippen LogP contribution in [0.15, 0.2) is 20.9 Å². The smallest absolute Gasteiger partial charge is 1.00 e. The molecule has 0 saturated heterocycles. The monoisotopic (exact) mass is 229 g/mol. The van der Waals surface area contributed by atoms with Crippen LogP contribution in [0.2, 0.25) is 0 Å². The van der Waals surface area contributed by atoms with E-state index in [4.69, 9.17) is 0 Å². The molecule has 0 radical (unpaired) electrons. The van der Waals surface area contributed by atoms with Gasteiger partial charge in [0.05, 0.1) is 0 Å². The van der Waals surface area contributed by atoms with Gasteiger partial charge >= 0.3 is 65.8 Å². The van der Waals surface area contributed by atoms with Gasteiger partial charge in [0.2, 0.25) is 0 Å². The molecule has 0 atom stereocenters. The summed E-state index contributed by atoms with van der Waals surface area (Å²) in [6.07, 6.45) is 7.69. The number of allylic oxidation sites excluding steroid dienone is 3. The third kappa shape index (κ3) is 3.50. The summed E-state index contributed by atoms with van der Waals surface area (Å²) in [6, 6.07) is 0. The predicted molar refractivity (Wildman–Crippen MR) is 34.3 cm³/mol. The van der Waals surface area contributed by atoms with E-state index in [0.29, 0.717) is 0 Å². The molecule has 10 heavy (non-hydrogen) atoms. The molecule has 0 spiro atoms. The van der Waals surface area contributed by atoms with Crippen molar-refractivity contribution in [2.24, 2.45) is 0 Å². The van der Waals surface area contributed by atoms with Crippen LogP contribution >= 0.6 is 11.8 Å². The second-order valence-corrected chi connectivity index (χ2v) is 3.44. The first kappa shape index (κ1) is 13.7. The number of halogens is 2. The van der Waals surface area contributed by atoms with Gasteiger partial charge in [0, 0.05) is 0 Å². The van der Waals surface area contributed by atoms with Gasteiger partial charge in [-0.25, -0.2) is 0 Å². The van der Waals surface area contributed by atoms with Crippen LogP contribution in [0, 0.1) is 0 Å². The molecule has 0 aromatic heterocycles. The summed E-state index contributed by atoms with van der Waals surface area (Å²) in [5.41, 5.74) is 0.